The molecule has 2 unspecified atom stereocenters. The number of nitrogen functional groups attached to an aromatic ring is 1. The number of ether oxygens (including phenoxy) is 1. The summed E-state index contributed by atoms with van der Waals surface area (Å²) in [4.78, 5) is 43.1. The molecule has 2 aliphatic rings. The molecule has 5 atom stereocenters. The molecule has 0 radical (unpaired) electrons. The topological polar surface area (TPSA) is 160 Å². The van der Waals surface area contributed by atoms with E-state index in [1.54, 1.807) is 4.90 Å². The molecule has 4 N–H and O–H groups in total. The predicted molar refractivity (Wildman–Crippen MR) is 141 cm³/mol. The fourth-order valence-electron chi connectivity index (χ4n) is 5.19. The van der Waals surface area contributed by atoms with Crippen molar-refractivity contribution in [3.8, 4) is 0 Å². The number of imide groups is 1. The quantitative estimate of drug-likeness (QED) is 0.277. The summed E-state index contributed by atoms with van der Waals surface area (Å²) >= 11 is 1.53. The normalized spacial score (nSPS) is 25.3. The Morgan fingerprint density at radius 2 is 1.85 bits per heavy atom. The molecular weight excluding hydrogens is 522 g/mol. The van der Waals surface area contributed by atoms with E-state index in [1.165, 1.54) is 33.5 Å². The maximum absolute atomic E-state index is 13.5. The van der Waals surface area contributed by atoms with Gasteiger partial charge < -0.3 is 25.6 Å². The maximum atomic E-state index is 13.5. The molecule has 2 aliphatic heterocycles. The molecule has 0 aliphatic carbocycles. The summed E-state index contributed by atoms with van der Waals surface area (Å²) in [5.41, 5.74) is 7.53. The highest BCUT2D eigenvalue weighted by Gasteiger charge is 2.48. The van der Waals surface area contributed by atoms with Gasteiger partial charge in [-0.05, 0) is 23.4 Å². The number of hydrogen-bond donors (Lipinski definition) is 3. The van der Waals surface area contributed by atoms with Crippen LogP contribution in [0.3, 0.4) is 0 Å². The number of thiophene rings is 1. The first-order chi connectivity index (χ1) is 18.9. The molecule has 13 heteroatoms. The molecule has 2 saturated heterocycles. The molecule has 0 spiro atoms. The van der Waals surface area contributed by atoms with E-state index >= 15 is 0 Å². The highest BCUT2D eigenvalue weighted by molar-refractivity contribution is 7.09. The molecule has 202 valence electrons. The smallest absolute Gasteiger partial charge is 0.327 e. The van der Waals surface area contributed by atoms with Crippen LogP contribution in [0.15, 0.2) is 60.5 Å². The highest BCUT2D eigenvalue weighted by atomic mass is 32.1. The molecule has 2 fully saturated rings. The lowest BCUT2D eigenvalue weighted by Crippen LogP contribution is -2.37. The van der Waals surface area contributed by atoms with Crippen LogP contribution in [0.25, 0.3) is 11.2 Å². The second-order valence-corrected chi connectivity index (χ2v) is 10.6. The van der Waals surface area contributed by atoms with Gasteiger partial charge in [0, 0.05) is 17.8 Å². The standard InChI is InChI=1S/C26H27N7O5S/c27-22-19-23(29-13-28-22)33(14-30-19)25-21(35)20(34)18(38-25)8-9-31-24(36)17(11-15-5-2-1-3-6-15)32(26(31)37)12-16-7-4-10-39-16/h1-7,10,13-14,17-18,20-21,25,34-35H,8-9,11-12H2,(H2,27,28,29)/t17?,18-,20-,21?,25-/m1/s1. The van der Waals surface area contributed by atoms with E-state index in [4.69, 9.17) is 10.5 Å². The van der Waals surface area contributed by atoms with Crippen molar-refractivity contribution in [3.05, 3.63) is 70.9 Å². The van der Waals surface area contributed by atoms with Crippen molar-refractivity contribution in [2.75, 3.05) is 12.3 Å². The molecule has 5 heterocycles. The molecule has 4 aromatic rings. The summed E-state index contributed by atoms with van der Waals surface area (Å²) in [7, 11) is 0. The third kappa shape index (κ3) is 4.63. The van der Waals surface area contributed by atoms with Gasteiger partial charge in [-0.25, -0.2) is 19.7 Å². The van der Waals surface area contributed by atoms with Gasteiger partial charge in [0.1, 0.15) is 30.1 Å². The molecule has 39 heavy (non-hydrogen) atoms. The monoisotopic (exact) mass is 549 g/mol. The third-order valence-electron chi connectivity index (χ3n) is 7.22. The van der Waals surface area contributed by atoms with Crippen molar-refractivity contribution >= 4 is 40.3 Å². The number of anilines is 1. The summed E-state index contributed by atoms with van der Waals surface area (Å²) in [6, 6.07) is 12.4. The molecule has 3 aromatic heterocycles. The molecule has 1 aromatic carbocycles. The second-order valence-electron chi connectivity index (χ2n) is 9.60. The average Bonchev–Trinajstić information content (AvgIpc) is 3.71. The third-order valence-corrected chi connectivity index (χ3v) is 8.08. The molecule has 0 saturated carbocycles. The summed E-state index contributed by atoms with van der Waals surface area (Å²) in [6.07, 6.45) is -1.10. The van der Waals surface area contributed by atoms with Crippen LogP contribution < -0.4 is 5.73 Å². The van der Waals surface area contributed by atoms with E-state index < -0.39 is 30.6 Å². The molecule has 3 amide bonds. The van der Waals surface area contributed by atoms with Crippen molar-refractivity contribution in [2.24, 2.45) is 0 Å². The maximum Gasteiger partial charge on any atom is 0.327 e. The average molecular weight is 550 g/mol. The van der Waals surface area contributed by atoms with E-state index in [2.05, 4.69) is 15.0 Å². The van der Waals surface area contributed by atoms with E-state index in [0.29, 0.717) is 24.1 Å². The number of benzene rings is 1. The molecule has 6 rings (SSSR count). The Morgan fingerprint density at radius 1 is 1.03 bits per heavy atom. The summed E-state index contributed by atoms with van der Waals surface area (Å²) in [6.45, 7) is 0.364. The summed E-state index contributed by atoms with van der Waals surface area (Å²) < 4.78 is 7.50. The Hall–Kier alpha value is -3.91. The van der Waals surface area contributed by atoms with Gasteiger partial charge in [-0.1, -0.05) is 36.4 Å². The summed E-state index contributed by atoms with van der Waals surface area (Å²) in [5.74, 6) is -0.107. The Balaban J connectivity index is 1.18. The number of hydrogen-bond acceptors (Lipinski definition) is 10. The Morgan fingerprint density at radius 3 is 2.62 bits per heavy atom. The van der Waals surface area contributed by atoms with Gasteiger partial charge in [0.2, 0.25) is 0 Å². The van der Waals surface area contributed by atoms with Crippen LogP contribution in [0.4, 0.5) is 10.6 Å². The number of carbonyl (C=O) groups is 2. The number of rotatable bonds is 8. The number of aliphatic hydroxyl groups excluding tert-OH is 2. The fourth-order valence-corrected chi connectivity index (χ4v) is 5.90. The number of aliphatic hydroxyl groups is 2. The number of nitrogens with two attached hydrogens (primary N) is 1. The first kappa shape index (κ1) is 25.4. The van der Waals surface area contributed by atoms with E-state index in [0.717, 1.165) is 10.4 Å². The van der Waals surface area contributed by atoms with Crippen LogP contribution in [0.1, 0.15) is 23.1 Å². The van der Waals surface area contributed by atoms with E-state index in [9.17, 15) is 19.8 Å². The fraction of sp³-hybridized carbons (Fsp3) is 0.346. The molecular formula is C26H27N7O5S. The predicted octanol–water partition coefficient (Wildman–Crippen LogP) is 1.55. The first-order valence-corrected chi connectivity index (χ1v) is 13.4. The van der Waals surface area contributed by atoms with Crippen LogP contribution in [0, 0.1) is 0 Å². The van der Waals surface area contributed by atoms with Crippen molar-refractivity contribution in [1.29, 1.82) is 0 Å². The minimum absolute atomic E-state index is 0.0326. The van der Waals surface area contributed by atoms with Crippen LogP contribution >= 0.6 is 11.3 Å². The lowest BCUT2D eigenvalue weighted by atomic mass is 10.0. The largest absolute Gasteiger partial charge is 0.388 e. The minimum atomic E-state index is -1.28. The minimum Gasteiger partial charge on any atom is -0.388 e. The van der Waals surface area contributed by atoms with E-state index in [-0.39, 0.29) is 30.7 Å². The Labute approximate surface area is 227 Å². The van der Waals surface area contributed by atoms with Gasteiger partial charge in [-0.2, -0.15) is 0 Å². The second kappa shape index (κ2) is 10.3. The zero-order valence-electron chi connectivity index (χ0n) is 20.8. The van der Waals surface area contributed by atoms with Gasteiger partial charge >= 0.3 is 6.03 Å². The molecule has 0 bridgehead atoms. The van der Waals surface area contributed by atoms with Gasteiger partial charge in [-0.15, -0.1) is 11.3 Å². The zero-order chi connectivity index (χ0) is 27.1. The van der Waals surface area contributed by atoms with Gasteiger partial charge in [-0.3, -0.25) is 14.3 Å². The first-order valence-electron chi connectivity index (χ1n) is 12.5. The number of aromatic nitrogens is 4. The van der Waals surface area contributed by atoms with Crippen molar-refractivity contribution in [1.82, 2.24) is 29.3 Å². The Bertz CT molecular complexity index is 1480. The number of urea groups is 1. The Kier molecular flexibility index (Phi) is 6.73. The van der Waals surface area contributed by atoms with Gasteiger partial charge in [0.05, 0.1) is 19.0 Å². The highest BCUT2D eigenvalue weighted by Crippen LogP contribution is 2.34. The molecule has 12 nitrogen and oxygen atoms in total. The number of amides is 3. The van der Waals surface area contributed by atoms with Crippen molar-refractivity contribution in [2.45, 2.75) is 50.0 Å². The van der Waals surface area contributed by atoms with Crippen LogP contribution in [-0.2, 0) is 22.5 Å². The lowest BCUT2D eigenvalue weighted by molar-refractivity contribution is -0.128. The van der Waals surface area contributed by atoms with Crippen molar-refractivity contribution < 1.29 is 24.5 Å². The van der Waals surface area contributed by atoms with Crippen molar-refractivity contribution in [3.63, 3.8) is 0 Å². The van der Waals surface area contributed by atoms with Crippen LogP contribution in [0.5, 0.6) is 0 Å². The van der Waals surface area contributed by atoms with Gasteiger partial charge in [0.15, 0.2) is 17.7 Å². The van der Waals surface area contributed by atoms with Gasteiger partial charge in [0.25, 0.3) is 5.91 Å². The number of carbonyl (C=O) groups excluding carboxylic acids is 2. The number of nitrogens with zero attached hydrogens (tertiary/aromatic N) is 6. The van der Waals surface area contributed by atoms with Crippen LogP contribution in [0.2, 0.25) is 0 Å². The van der Waals surface area contributed by atoms with Crippen LogP contribution in [-0.4, -0.2) is 82.4 Å². The SMILES string of the molecule is Nc1ncnc2c1ncn2[C@@H]1O[C@H](CCN2C(=O)C(Cc3ccccc3)N(Cc3cccs3)C2=O)[C@@H](O)C1O. The zero-order valence-corrected chi connectivity index (χ0v) is 21.6. The number of imidazole rings is 1. The number of fused-ring (bicyclic) bond motifs is 1. The summed E-state index contributed by atoms with van der Waals surface area (Å²) in [5, 5.41) is 23.5. The van der Waals surface area contributed by atoms with E-state index in [1.807, 2.05) is 47.8 Å². The lowest BCUT2D eigenvalue weighted by Gasteiger charge is -2.21.